The molecule has 0 radical (unpaired) electrons. The molecule has 1 aromatic rings. The number of nitrogens with one attached hydrogen (secondary N) is 1. The lowest BCUT2D eigenvalue weighted by Gasteiger charge is -2.38. The Kier molecular flexibility index (Phi) is 3.38. The highest BCUT2D eigenvalue weighted by Crippen LogP contribution is 2.19. The maximum absolute atomic E-state index is 5.82. The third-order valence-electron chi connectivity index (χ3n) is 2.63. The zero-order valence-electron chi connectivity index (χ0n) is 9.38. The second-order valence-electron chi connectivity index (χ2n) is 4.32. The molecule has 2 heterocycles. The molecule has 1 saturated heterocycles. The third kappa shape index (κ3) is 2.77. The van der Waals surface area contributed by atoms with Gasteiger partial charge in [0.25, 0.3) is 0 Å². The second-order valence-corrected chi connectivity index (χ2v) is 5.27. The molecule has 1 fully saturated rings. The highest BCUT2D eigenvalue weighted by molar-refractivity contribution is 7.09. The number of ether oxygens (including phenoxy) is 1. The number of hydrogen-bond donors (Lipinski definition) is 1. The van der Waals surface area contributed by atoms with Crippen molar-refractivity contribution in [3.8, 4) is 0 Å². The molecule has 0 atom stereocenters. The molecule has 0 saturated carbocycles. The van der Waals surface area contributed by atoms with E-state index < -0.39 is 0 Å². The van der Waals surface area contributed by atoms with Crippen molar-refractivity contribution in [3.05, 3.63) is 16.1 Å². The molecule has 1 aliphatic heterocycles. The standard InChI is InChI=1S/C11H18N2OS/c1-3-4-10-13-9(6-15-10)5-14-11(2)7-12-8-11/h6,12H,3-5,7-8H2,1-2H3. The van der Waals surface area contributed by atoms with Gasteiger partial charge < -0.3 is 10.1 Å². The molecular formula is C11H18N2OS. The Morgan fingerprint density at radius 2 is 2.40 bits per heavy atom. The van der Waals surface area contributed by atoms with E-state index in [0.717, 1.165) is 31.6 Å². The molecule has 3 nitrogen and oxygen atoms in total. The van der Waals surface area contributed by atoms with Gasteiger partial charge in [0.2, 0.25) is 0 Å². The molecule has 15 heavy (non-hydrogen) atoms. The molecule has 1 N–H and O–H groups in total. The average Bonchev–Trinajstić information content (AvgIpc) is 2.60. The minimum Gasteiger partial charge on any atom is -0.366 e. The van der Waals surface area contributed by atoms with Crippen LogP contribution in [0.1, 0.15) is 31.0 Å². The van der Waals surface area contributed by atoms with Crippen LogP contribution >= 0.6 is 11.3 Å². The highest BCUT2D eigenvalue weighted by Gasteiger charge is 2.32. The van der Waals surface area contributed by atoms with Crippen LogP contribution < -0.4 is 5.32 Å². The van der Waals surface area contributed by atoms with Crippen LogP contribution in [0.5, 0.6) is 0 Å². The molecule has 0 unspecified atom stereocenters. The number of hydrogen-bond acceptors (Lipinski definition) is 4. The average molecular weight is 226 g/mol. The van der Waals surface area contributed by atoms with E-state index in [0.29, 0.717) is 6.61 Å². The van der Waals surface area contributed by atoms with Gasteiger partial charge in [0, 0.05) is 18.5 Å². The van der Waals surface area contributed by atoms with Crippen LogP contribution in [0.3, 0.4) is 0 Å². The van der Waals surface area contributed by atoms with Crippen LogP contribution in [0.4, 0.5) is 0 Å². The molecule has 2 rings (SSSR count). The number of nitrogens with zero attached hydrogens (tertiary/aromatic N) is 1. The zero-order valence-corrected chi connectivity index (χ0v) is 10.2. The first-order valence-electron chi connectivity index (χ1n) is 5.50. The Morgan fingerprint density at radius 1 is 1.60 bits per heavy atom. The van der Waals surface area contributed by atoms with Crippen molar-refractivity contribution in [2.45, 2.75) is 38.9 Å². The monoisotopic (exact) mass is 226 g/mol. The van der Waals surface area contributed by atoms with Gasteiger partial charge in [0.1, 0.15) is 0 Å². The van der Waals surface area contributed by atoms with E-state index in [1.165, 1.54) is 5.01 Å². The fourth-order valence-electron chi connectivity index (χ4n) is 1.57. The Bertz CT molecular complexity index is 320. The minimum atomic E-state index is 0.0362. The van der Waals surface area contributed by atoms with Crippen molar-refractivity contribution in [2.75, 3.05) is 13.1 Å². The van der Waals surface area contributed by atoms with Crippen LogP contribution in [0, 0.1) is 0 Å². The second kappa shape index (κ2) is 4.60. The number of aryl methyl sites for hydroxylation is 1. The van der Waals surface area contributed by atoms with E-state index in [9.17, 15) is 0 Å². The SMILES string of the molecule is CCCc1nc(COC2(C)CNC2)cs1. The number of thiazole rings is 1. The fourth-order valence-corrected chi connectivity index (χ4v) is 2.46. The Balaban J connectivity index is 1.82. The smallest absolute Gasteiger partial charge is 0.0929 e. The third-order valence-corrected chi connectivity index (χ3v) is 3.59. The normalized spacial score (nSPS) is 18.8. The molecule has 0 aliphatic carbocycles. The van der Waals surface area contributed by atoms with Crippen LogP contribution in [0.2, 0.25) is 0 Å². The molecule has 0 bridgehead atoms. The van der Waals surface area contributed by atoms with Crippen molar-refractivity contribution in [1.29, 1.82) is 0 Å². The van der Waals surface area contributed by atoms with Gasteiger partial charge in [0.15, 0.2) is 0 Å². The molecule has 0 amide bonds. The molecule has 1 aliphatic rings. The molecular weight excluding hydrogens is 208 g/mol. The van der Waals surface area contributed by atoms with Gasteiger partial charge >= 0.3 is 0 Å². The molecule has 84 valence electrons. The van der Waals surface area contributed by atoms with E-state index >= 15 is 0 Å². The summed E-state index contributed by atoms with van der Waals surface area (Å²) in [5.41, 5.74) is 1.12. The van der Waals surface area contributed by atoms with E-state index in [-0.39, 0.29) is 5.60 Å². The summed E-state index contributed by atoms with van der Waals surface area (Å²) >= 11 is 1.74. The molecule has 0 aromatic carbocycles. The maximum atomic E-state index is 5.82. The topological polar surface area (TPSA) is 34.1 Å². The number of aromatic nitrogens is 1. The molecule has 4 heteroatoms. The van der Waals surface area contributed by atoms with E-state index in [2.05, 4.69) is 29.5 Å². The van der Waals surface area contributed by atoms with Crippen LogP contribution in [0.15, 0.2) is 5.38 Å². The van der Waals surface area contributed by atoms with Crippen LogP contribution in [0.25, 0.3) is 0 Å². The Hall–Kier alpha value is -0.450. The van der Waals surface area contributed by atoms with Crippen LogP contribution in [-0.4, -0.2) is 23.7 Å². The summed E-state index contributed by atoms with van der Waals surface area (Å²) in [6, 6.07) is 0. The van der Waals surface area contributed by atoms with Crippen molar-refractivity contribution in [1.82, 2.24) is 10.3 Å². The molecule has 1 aromatic heterocycles. The van der Waals surface area contributed by atoms with Crippen molar-refractivity contribution >= 4 is 11.3 Å². The van der Waals surface area contributed by atoms with Gasteiger partial charge in [-0.25, -0.2) is 4.98 Å². The predicted molar refractivity (Wildman–Crippen MR) is 62.2 cm³/mol. The zero-order chi connectivity index (χ0) is 10.7. The quantitative estimate of drug-likeness (QED) is 0.833. The minimum absolute atomic E-state index is 0.0362. The van der Waals surface area contributed by atoms with E-state index in [1.54, 1.807) is 11.3 Å². The first-order valence-corrected chi connectivity index (χ1v) is 6.38. The van der Waals surface area contributed by atoms with Gasteiger partial charge in [-0.3, -0.25) is 0 Å². The first kappa shape index (κ1) is 11.0. The van der Waals surface area contributed by atoms with Crippen molar-refractivity contribution in [3.63, 3.8) is 0 Å². The summed E-state index contributed by atoms with van der Waals surface area (Å²) in [6.45, 7) is 6.89. The van der Waals surface area contributed by atoms with Gasteiger partial charge in [-0.05, 0) is 19.8 Å². The maximum Gasteiger partial charge on any atom is 0.0929 e. The lowest BCUT2D eigenvalue weighted by atomic mass is 10.0. The predicted octanol–water partition coefficient (Wildman–Crippen LogP) is 1.97. The first-order chi connectivity index (χ1) is 7.22. The molecule has 0 spiro atoms. The van der Waals surface area contributed by atoms with Gasteiger partial charge in [-0.1, -0.05) is 6.92 Å². The van der Waals surface area contributed by atoms with Crippen molar-refractivity contribution in [2.24, 2.45) is 0 Å². The Labute approximate surface area is 94.9 Å². The summed E-state index contributed by atoms with van der Waals surface area (Å²) in [5, 5.41) is 6.56. The van der Waals surface area contributed by atoms with Crippen molar-refractivity contribution < 1.29 is 4.74 Å². The fraction of sp³-hybridized carbons (Fsp3) is 0.727. The largest absolute Gasteiger partial charge is 0.366 e. The summed E-state index contributed by atoms with van der Waals surface area (Å²) in [7, 11) is 0. The van der Waals surface area contributed by atoms with Gasteiger partial charge in [-0.15, -0.1) is 11.3 Å². The summed E-state index contributed by atoms with van der Waals surface area (Å²) in [4.78, 5) is 4.53. The van der Waals surface area contributed by atoms with E-state index in [1.807, 2.05) is 0 Å². The number of rotatable bonds is 5. The summed E-state index contributed by atoms with van der Waals surface area (Å²) < 4.78 is 5.82. The van der Waals surface area contributed by atoms with E-state index in [4.69, 9.17) is 4.74 Å². The Morgan fingerprint density at radius 3 is 3.00 bits per heavy atom. The van der Waals surface area contributed by atoms with Gasteiger partial charge in [-0.2, -0.15) is 0 Å². The lowest BCUT2D eigenvalue weighted by molar-refractivity contribution is -0.0777. The summed E-state index contributed by atoms with van der Waals surface area (Å²) in [5.74, 6) is 0. The van der Waals surface area contributed by atoms with Gasteiger partial charge in [0.05, 0.1) is 22.9 Å². The summed E-state index contributed by atoms with van der Waals surface area (Å²) in [6.07, 6.45) is 2.25. The van der Waals surface area contributed by atoms with Crippen LogP contribution in [-0.2, 0) is 17.8 Å². The lowest BCUT2D eigenvalue weighted by Crippen LogP contribution is -2.58. The highest BCUT2D eigenvalue weighted by atomic mass is 32.1.